The lowest BCUT2D eigenvalue weighted by molar-refractivity contribution is -0.121. The van der Waals surface area contributed by atoms with Crippen LogP contribution in [0.5, 0.6) is 5.75 Å². The molecule has 0 saturated heterocycles. The number of amides is 2. The number of ether oxygens (including phenoxy) is 1. The highest BCUT2D eigenvalue weighted by Crippen LogP contribution is 2.38. The van der Waals surface area contributed by atoms with Crippen molar-refractivity contribution in [2.75, 3.05) is 19.0 Å². The molecular formula is C22H24N2O4. The summed E-state index contributed by atoms with van der Waals surface area (Å²) in [4.78, 5) is 24.0. The average molecular weight is 380 g/mol. The van der Waals surface area contributed by atoms with E-state index in [-0.39, 0.29) is 24.8 Å². The summed E-state index contributed by atoms with van der Waals surface area (Å²) in [7, 11) is 1.58. The molecule has 0 bridgehead atoms. The third-order valence-electron chi connectivity index (χ3n) is 5.02. The van der Waals surface area contributed by atoms with Gasteiger partial charge in [-0.25, -0.2) is 0 Å². The SMILES string of the molecule is C=CC(=O)Nc1ccccc1CC(=O)NCC1(O)CCc2ccc(OC)cc21. The zero-order chi connectivity index (χ0) is 20.1. The summed E-state index contributed by atoms with van der Waals surface area (Å²) in [5.74, 6) is 0.112. The Bertz CT molecular complexity index is 909. The summed E-state index contributed by atoms with van der Waals surface area (Å²) in [5, 5.41) is 16.6. The minimum absolute atomic E-state index is 0.0919. The van der Waals surface area contributed by atoms with Crippen molar-refractivity contribution in [3.8, 4) is 5.75 Å². The van der Waals surface area contributed by atoms with Gasteiger partial charge in [-0.2, -0.15) is 0 Å². The predicted molar refractivity (Wildman–Crippen MR) is 107 cm³/mol. The molecule has 0 aromatic heterocycles. The Kier molecular flexibility index (Phi) is 5.80. The van der Waals surface area contributed by atoms with Crippen LogP contribution in [0.2, 0.25) is 0 Å². The maximum absolute atomic E-state index is 12.5. The van der Waals surface area contributed by atoms with Crippen molar-refractivity contribution in [2.24, 2.45) is 0 Å². The number of para-hydroxylation sites is 1. The second kappa shape index (κ2) is 8.27. The molecule has 2 amide bonds. The molecule has 1 unspecified atom stereocenters. The van der Waals surface area contributed by atoms with Crippen molar-refractivity contribution in [1.82, 2.24) is 5.32 Å². The fourth-order valence-corrected chi connectivity index (χ4v) is 3.45. The van der Waals surface area contributed by atoms with E-state index < -0.39 is 5.60 Å². The Labute approximate surface area is 164 Å². The molecule has 0 spiro atoms. The van der Waals surface area contributed by atoms with Crippen LogP contribution in [0.3, 0.4) is 0 Å². The number of methoxy groups -OCH3 is 1. The lowest BCUT2D eigenvalue weighted by atomic mass is 9.95. The molecule has 146 valence electrons. The van der Waals surface area contributed by atoms with Crippen molar-refractivity contribution in [3.63, 3.8) is 0 Å². The molecule has 2 aromatic rings. The zero-order valence-corrected chi connectivity index (χ0v) is 15.8. The molecular weight excluding hydrogens is 356 g/mol. The van der Waals surface area contributed by atoms with Gasteiger partial charge in [-0.05, 0) is 53.8 Å². The van der Waals surface area contributed by atoms with Gasteiger partial charge in [0, 0.05) is 5.69 Å². The molecule has 3 rings (SSSR count). The zero-order valence-electron chi connectivity index (χ0n) is 15.8. The van der Waals surface area contributed by atoms with Gasteiger partial charge >= 0.3 is 0 Å². The Morgan fingerprint density at radius 1 is 1.29 bits per heavy atom. The van der Waals surface area contributed by atoms with Crippen LogP contribution in [0.4, 0.5) is 5.69 Å². The van der Waals surface area contributed by atoms with Gasteiger partial charge < -0.3 is 20.5 Å². The molecule has 6 nitrogen and oxygen atoms in total. The number of rotatable bonds is 7. The molecule has 2 aromatic carbocycles. The number of fused-ring (bicyclic) bond motifs is 1. The molecule has 0 saturated carbocycles. The fourth-order valence-electron chi connectivity index (χ4n) is 3.45. The third-order valence-corrected chi connectivity index (χ3v) is 5.02. The van der Waals surface area contributed by atoms with Crippen molar-refractivity contribution in [2.45, 2.75) is 24.9 Å². The fraction of sp³-hybridized carbons (Fsp3) is 0.273. The number of aliphatic hydroxyl groups is 1. The maximum atomic E-state index is 12.5. The quantitative estimate of drug-likeness (QED) is 0.644. The Morgan fingerprint density at radius 3 is 2.82 bits per heavy atom. The van der Waals surface area contributed by atoms with E-state index in [1.54, 1.807) is 31.4 Å². The summed E-state index contributed by atoms with van der Waals surface area (Å²) in [5.41, 5.74) is 2.00. The highest BCUT2D eigenvalue weighted by atomic mass is 16.5. The standard InChI is InChI=1S/C22H24N2O4/c1-3-20(25)24-19-7-5-4-6-16(19)12-21(26)23-14-22(27)11-10-15-8-9-17(28-2)13-18(15)22/h3-9,13,27H,1,10-12,14H2,2H3,(H,23,26)(H,24,25). The third kappa shape index (κ3) is 4.23. The smallest absolute Gasteiger partial charge is 0.247 e. The monoisotopic (exact) mass is 380 g/mol. The van der Waals surface area contributed by atoms with E-state index in [0.717, 1.165) is 17.5 Å². The van der Waals surface area contributed by atoms with Gasteiger partial charge in [0.05, 0.1) is 20.1 Å². The lowest BCUT2D eigenvalue weighted by Gasteiger charge is -2.25. The molecule has 3 N–H and O–H groups in total. The van der Waals surface area contributed by atoms with E-state index in [0.29, 0.717) is 23.4 Å². The van der Waals surface area contributed by atoms with Crippen LogP contribution < -0.4 is 15.4 Å². The van der Waals surface area contributed by atoms with E-state index >= 15 is 0 Å². The van der Waals surface area contributed by atoms with Crippen molar-refractivity contribution >= 4 is 17.5 Å². The van der Waals surface area contributed by atoms with Crippen LogP contribution in [0.15, 0.2) is 55.1 Å². The van der Waals surface area contributed by atoms with Gasteiger partial charge in [0.15, 0.2) is 0 Å². The van der Waals surface area contributed by atoms with E-state index in [4.69, 9.17) is 4.74 Å². The summed E-state index contributed by atoms with van der Waals surface area (Å²) in [6, 6.07) is 12.8. The Balaban J connectivity index is 1.66. The van der Waals surface area contributed by atoms with Gasteiger partial charge in [0.2, 0.25) is 11.8 Å². The lowest BCUT2D eigenvalue weighted by Crippen LogP contribution is -2.40. The van der Waals surface area contributed by atoms with Crippen molar-refractivity contribution in [1.29, 1.82) is 0 Å². The van der Waals surface area contributed by atoms with E-state index in [1.807, 2.05) is 18.2 Å². The van der Waals surface area contributed by atoms with Gasteiger partial charge in [0.25, 0.3) is 0 Å². The Hall–Kier alpha value is -3.12. The minimum atomic E-state index is -1.11. The molecule has 0 aliphatic heterocycles. The molecule has 1 aliphatic rings. The number of carbonyl (C=O) groups is 2. The first-order valence-electron chi connectivity index (χ1n) is 9.13. The number of nitrogens with one attached hydrogen (secondary N) is 2. The number of carbonyl (C=O) groups excluding carboxylic acids is 2. The normalized spacial score (nSPS) is 17.5. The molecule has 28 heavy (non-hydrogen) atoms. The van der Waals surface area contributed by atoms with E-state index in [1.165, 1.54) is 6.08 Å². The number of aryl methyl sites for hydroxylation is 1. The van der Waals surface area contributed by atoms with Crippen LogP contribution >= 0.6 is 0 Å². The summed E-state index contributed by atoms with van der Waals surface area (Å²) < 4.78 is 5.25. The summed E-state index contributed by atoms with van der Waals surface area (Å²) in [6.07, 6.45) is 2.57. The highest BCUT2D eigenvalue weighted by molar-refractivity contribution is 5.99. The number of anilines is 1. The molecule has 0 radical (unpaired) electrons. The second-order valence-electron chi connectivity index (χ2n) is 6.86. The van der Waals surface area contributed by atoms with Gasteiger partial charge in [-0.3, -0.25) is 9.59 Å². The van der Waals surface area contributed by atoms with Gasteiger partial charge in [0.1, 0.15) is 11.4 Å². The highest BCUT2D eigenvalue weighted by Gasteiger charge is 2.37. The second-order valence-corrected chi connectivity index (χ2v) is 6.86. The van der Waals surface area contributed by atoms with Crippen LogP contribution in [0.1, 0.15) is 23.1 Å². The summed E-state index contributed by atoms with van der Waals surface area (Å²) in [6.45, 7) is 3.55. The van der Waals surface area contributed by atoms with Crippen LogP contribution in [0.25, 0.3) is 0 Å². The Morgan fingerprint density at radius 2 is 2.07 bits per heavy atom. The topological polar surface area (TPSA) is 87.7 Å². The first-order valence-corrected chi connectivity index (χ1v) is 9.13. The first-order chi connectivity index (χ1) is 13.4. The van der Waals surface area contributed by atoms with E-state index in [2.05, 4.69) is 17.2 Å². The maximum Gasteiger partial charge on any atom is 0.247 e. The van der Waals surface area contributed by atoms with Crippen LogP contribution in [-0.4, -0.2) is 30.6 Å². The van der Waals surface area contributed by atoms with Crippen molar-refractivity contribution in [3.05, 3.63) is 71.8 Å². The minimum Gasteiger partial charge on any atom is -0.497 e. The van der Waals surface area contributed by atoms with Crippen LogP contribution in [0, 0.1) is 0 Å². The predicted octanol–water partition coefficient (Wildman–Crippen LogP) is 2.31. The molecule has 1 atom stereocenters. The van der Waals surface area contributed by atoms with E-state index in [9.17, 15) is 14.7 Å². The van der Waals surface area contributed by atoms with Crippen LogP contribution in [-0.2, 0) is 28.0 Å². The number of hydrogen-bond donors (Lipinski definition) is 3. The number of hydrogen-bond acceptors (Lipinski definition) is 4. The molecule has 1 aliphatic carbocycles. The molecule has 0 fully saturated rings. The van der Waals surface area contributed by atoms with Gasteiger partial charge in [-0.1, -0.05) is 30.8 Å². The first kappa shape index (κ1) is 19.6. The average Bonchev–Trinajstić information content (AvgIpc) is 3.04. The number of benzene rings is 2. The molecule has 0 heterocycles. The van der Waals surface area contributed by atoms with Gasteiger partial charge in [-0.15, -0.1) is 0 Å². The largest absolute Gasteiger partial charge is 0.497 e. The van der Waals surface area contributed by atoms with Crippen molar-refractivity contribution < 1.29 is 19.4 Å². The summed E-state index contributed by atoms with van der Waals surface area (Å²) >= 11 is 0. The molecule has 6 heteroatoms.